The Hall–Kier alpha value is -1.78. The third-order valence-corrected chi connectivity index (χ3v) is 3.39. The number of fused-ring (bicyclic) bond motifs is 1. The van der Waals surface area contributed by atoms with E-state index in [9.17, 15) is 13.2 Å². The van der Waals surface area contributed by atoms with E-state index in [1.807, 2.05) is 20.8 Å². The summed E-state index contributed by atoms with van der Waals surface area (Å²) >= 11 is 0. The zero-order valence-electron chi connectivity index (χ0n) is 11.9. The predicted octanol–water partition coefficient (Wildman–Crippen LogP) is 4.44. The molecule has 0 unspecified atom stereocenters. The van der Waals surface area contributed by atoms with Gasteiger partial charge in [0.1, 0.15) is 5.69 Å². The van der Waals surface area contributed by atoms with Crippen molar-refractivity contribution in [2.75, 3.05) is 5.73 Å². The number of para-hydroxylation sites is 1. The smallest absolute Gasteiger partial charge is 0.398 e. The highest BCUT2D eigenvalue weighted by molar-refractivity contribution is 5.94. The number of nitrogens with two attached hydrogens (primary N) is 1. The van der Waals surface area contributed by atoms with Crippen molar-refractivity contribution in [2.24, 2.45) is 0 Å². The van der Waals surface area contributed by atoms with Crippen LogP contribution in [0.25, 0.3) is 10.9 Å². The molecule has 0 aliphatic rings. The molecule has 0 fully saturated rings. The molecule has 0 aliphatic heterocycles. The van der Waals surface area contributed by atoms with Crippen LogP contribution in [-0.4, -0.2) is 4.98 Å². The fourth-order valence-corrected chi connectivity index (χ4v) is 2.29. The molecule has 0 atom stereocenters. The van der Waals surface area contributed by atoms with Gasteiger partial charge in [0.05, 0.1) is 5.52 Å². The summed E-state index contributed by atoms with van der Waals surface area (Å²) < 4.78 is 39.2. The summed E-state index contributed by atoms with van der Waals surface area (Å²) in [5.74, 6) is 0. The molecule has 20 heavy (non-hydrogen) atoms. The quantitative estimate of drug-likeness (QED) is 0.775. The van der Waals surface area contributed by atoms with Crippen molar-refractivity contribution in [3.05, 3.63) is 35.0 Å². The van der Waals surface area contributed by atoms with Crippen molar-refractivity contribution in [3.63, 3.8) is 0 Å². The molecular formula is C15H17F3N2. The van der Waals surface area contributed by atoms with Crippen LogP contribution >= 0.6 is 0 Å². The Balaban J connectivity index is 2.93. The minimum atomic E-state index is -4.50. The topological polar surface area (TPSA) is 38.9 Å². The van der Waals surface area contributed by atoms with Gasteiger partial charge in [-0.15, -0.1) is 0 Å². The summed E-state index contributed by atoms with van der Waals surface area (Å²) in [6, 6.07) is 5.30. The lowest BCUT2D eigenvalue weighted by Gasteiger charge is -2.22. The first-order chi connectivity index (χ1) is 9.03. The Labute approximate surface area is 115 Å². The Kier molecular flexibility index (Phi) is 3.19. The molecule has 108 valence electrons. The number of pyridine rings is 1. The van der Waals surface area contributed by atoms with E-state index in [4.69, 9.17) is 5.73 Å². The summed E-state index contributed by atoms with van der Waals surface area (Å²) in [7, 11) is 0. The third-order valence-electron chi connectivity index (χ3n) is 3.39. The van der Waals surface area contributed by atoms with E-state index in [1.165, 1.54) is 6.92 Å². The van der Waals surface area contributed by atoms with E-state index >= 15 is 0 Å². The highest BCUT2D eigenvalue weighted by atomic mass is 19.4. The average molecular weight is 282 g/mol. The number of hydrogen-bond donors (Lipinski definition) is 1. The van der Waals surface area contributed by atoms with E-state index in [1.54, 1.807) is 18.2 Å². The van der Waals surface area contributed by atoms with Gasteiger partial charge in [-0.05, 0) is 17.9 Å². The van der Waals surface area contributed by atoms with E-state index < -0.39 is 11.9 Å². The highest BCUT2D eigenvalue weighted by Gasteiger charge is 2.36. The zero-order valence-corrected chi connectivity index (χ0v) is 11.9. The van der Waals surface area contributed by atoms with Crippen molar-refractivity contribution in [1.82, 2.24) is 4.98 Å². The molecule has 0 bridgehead atoms. The number of halogens is 3. The van der Waals surface area contributed by atoms with Gasteiger partial charge in [-0.1, -0.05) is 39.0 Å². The van der Waals surface area contributed by atoms with Crippen molar-refractivity contribution in [3.8, 4) is 0 Å². The molecule has 1 aromatic carbocycles. The number of anilines is 1. The molecule has 2 N–H and O–H groups in total. The van der Waals surface area contributed by atoms with Crippen molar-refractivity contribution < 1.29 is 13.2 Å². The van der Waals surface area contributed by atoms with Gasteiger partial charge in [0.2, 0.25) is 0 Å². The van der Waals surface area contributed by atoms with E-state index in [0.29, 0.717) is 10.9 Å². The Morgan fingerprint density at radius 2 is 1.70 bits per heavy atom. The molecule has 0 saturated heterocycles. The largest absolute Gasteiger partial charge is 0.433 e. The lowest BCUT2D eigenvalue weighted by Crippen LogP contribution is -2.16. The SMILES string of the molecule is Cc1c(C(F)(F)F)nc2c(C(C)(C)C)cccc2c1N. The van der Waals surface area contributed by atoms with E-state index in [2.05, 4.69) is 4.98 Å². The number of rotatable bonds is 0. The molecule has 1 aromatic heterocycles. The first kappa shape index (κ1) is 14.6. The first-order valence-electron chi connectivity index (χ1n) is 6.30. The molecule has 0 amide bonds. The maximum absolute atomic E-state index is 13.1. The minimum Gasteiger partial charge on any atom is -0.398 e. The van der Waals surface area contributed by atoms with Crippen LogP contribution < -0.4 is 5.73 Å². The van der Waals surface area contributed by atoms with Crippen LogP contribution in [0, 0.1) is 6.92 Å². The van der Waals surface area contributed by atoms with Gasteiger partial charge < -0.3 is 5.73 Å². The molecule has 5 heteroatoms. The Morgan fingerprint density at radius 1 is 1.10 bits per heavy atom. The molecule has 2 nitrogen and oxygen atoms in total. The summed E-state index contributed by atoms with van der Waals surface area (Å²) in [5, 5.41) is 0.572. The molecule has 2 rings (SSSR count). The highest BCUT2D eigenvalue weighted by Crippen LogP contribution is 2.38. The summed E-state index contributed by atoms with van der Waals surface area (Å²) in [6.45, 7) is 7.17. The van der Waals surface area contributed by atoms with Crippen molar-refractivity contribution in [2.45, 2.75) is 39.3 Å². The van der Waals surface area contributed by atoms with Crippen LogP contribution in [0.1, 0.15) is 37.6 Å². The van der Waals surface area contributed by atoms with Crippen LogP contribution in [0.2, 0.25) is 0 Å². The maximum Gasteiger partial charge on any atom is 0.433 e. The number of alkyl halides is 3. The van der Waals surface area contributed by atoms with Gasteiger partial charge in [-0.25, -0.2) is 4.98 Å². The van der Waals surface area contributed by atoms with Crippen LogP contribution in [0.4, 0.5) is 18.9 Å². The normalized spacial score (nSPS) is 12.9. The second kappa shape index (κ2) is 4.36. The molecule has 0 saturated carbocycles. The Bertz CT molecular complexity index is 667. The zero-order chi connectivity index (χ0) is 15.3. The summed E-state index contributed by atoms with van der Waals surface area (Å²) in [5.41, 5.74) is 5.89. The van der Waals surface area contributed by atoms with E-state index in [0.717, 1.165) is 5.56 Å². The fraction of sp³-hybridized carbons (Fsp3) is 0.400. The van der Waals surface area contributed by atoms with Gasteiger partial charge in [0.15, 0.2) is 0 Å². The Morgan fingerprint density at radius 3 is 2.20 bits per heavy atom. The summed E-state index contributed by atoms with van der Waals surface area (Å²) in [4.78, 5) is 3.87. The van der Waals surface area contributed by atoms with Crippen molar-refractivity contribution in [1.29, 1.82) is 0 Å². The molecule has 2 aromatic rings. The number of nitrogens with zero attached hydrogens (tertiary/aromatic N) is 1. The molecule has 0 aliphatic carbocycles. The van der Waals surface area contributed by atoms with Crippen LogP contribution in [-0.2, 0) is 11.6 Å². The van der Waals surface area contributed by atoms with Crippen LogP contribution in [0.15, 0.2) is 18.2 Å². The van der Waals surface area contributed by atoms with Gasteiger partial charge >= 0.3 is 6.18 Å². The summed E-state index contributed by atoms with van der Waals surface area (Å²) in [6.07, 6.45) is -4.50. The molecule has 0 spiro atoms. The third kappa shape index (κ3) is 2.32. The monoisotopic (exact) mass is 282 g/mol. The van der Waals surface area contributed by atoms with Gasteiger partial charge in [-0.2, -0.15) is 13.2 Å². The molecular weight excluding hydrogens is 265 g/mol. The number of nitrogen functional groups attached to an aromatic ring is 1. The molecule has 0 radical (unpaired) electrons. The fourth-order valence-electron chi connectivity index (χ4n) is 2.29. The average Bonchev–Trinajstić information content (AvgIpc) is 2.30. The van der Waals surface area contributed by atoms with Gasteiger partial charge in [0, 0.05) is 16.6 Å². The standard InChI is InChI=1S/C15H17F3N2/c1-8-11(19)9-6-5-7-10(14(2,3)4)12(9)20-13(8)15(16,17)18/h5-7H,1-4H3,(H2,19,20). The van der Waals surface area contributed by atoms with Crippen molar-refractivity contribution >= 4 is 16.6 Å². The van der Waals surface area contributed by atoms with Gasteiger partial charge in [0.25, 0.3) is 0 Å². The number of benzene rings is 1. The lowest BCUT2D eigenvalue weighted by molar-refractivity contribution is -0.141. The first-order valence-corrected chi connectivity index (χ1v) is 6.30. The second-order valence-corrected chi connectivity index (χ2v) is 5.95. The molecule has 1 heterocycles. The second-order valence-electron chi connectivity index (χ2n) is 5.95. The van der Waals surface area contributed by atoms with E-state index in [-0.39, 0.29) is 16.7 Å². The van der Waals surface area contributed by atoms with Crippen LogP contribution in [0.5, 0.6) is 0 Å². The predicted molar refractivity (Wildman–Crippen MR) is 74.6 cm³/mol. The number of aromatic nitrogens is 1. The minimum absolute atomic E-state index is 0.0175. The van der Waals surface area contributed by atoms with Crippen LogP contribution in [0.3, 0.4) is 0 Å². The number of hydrogen-bond acceptors (Lipinski definition) is 2. The maximum atomic E-state index is 13.1. The van der Waals surface area contributed by atoms with Gasteiger partial charge in [-0.3, -0.25) is 0 Å². The lowest BCUT2D eigenvalue weighted by atomic mass is 9.85.